The number of hydrogen-bond donors (Lipinski definition) is 1. The largest absolute Gasteiger partial charge is 0.416 e. The van der Waals surface area contributed by atoms with E-state index in [0.29, 0.717) is 23.8 Å². The van der Waals surface area contributed by atoms with E-state index in [0.717, 1.165) is 25.8 Å². The molecular weight excluding hydrogens is 277 g/mol. The number of halogens is 3. The molecular formula is C16H23F3N2. The van der Waals surface area contributed by atoms with Crippen LogP contribution < -0.4 is 10.2 Å². The summed E-state index contributed by atoms with van der Waals surface area (Å²) in [7, 11) is 0. The molecule has 21 heavy (non-hydrogen) atoms. The van der Waals surface area contributed by atoms with Crippen molar-refractivity contribution in [2.24, 2.45) is 0 Å². The lowest BCUT2D eigenvalue weighted by Gasteiger charge is -2.26. The molecule has 1 saturated carbocycles. The van der Waals surface area contributed by atoms with E-state index in [2.05, 4.69) is 17.1 Å². The van der Waals surface area contributed by atoms with E-state index in [1.807, 2.05) is 13.0 Å². The van der Waals surface area contributed by atoms with Crippen molar-refractivity contribution >= 4 is 5.69 Å². The van der Waals surface area contributed by atoms with Gasteiger partial charge in [-0.1, -0.05) is 19.9 Å². The number of anilines is 1. The van der Waals surface area contributed by atoms with Crippen LogP contribution in [-0.4, -0.2) is 19.1 Å². The monoisotopic (exact) mass is 300 g/mol. The molecule has 1 aromatic carbocycles. The zero-order valence-electron chi connectivity index (χ0n) is 12.6. The third-order valence-electron chi connectivity index (χ3n) is 3.75. The van der Waals surface area contributed by atoms with Gasteiger partial charge >= 0.3 is 6.18 Å². The van der Waals surface area contributed by atoms with Crippen molar-refractivity contribution in [2.45, 2.75) is 51.9 Å². The SMILES string of the molecule is CCCN(c1ccc(CNCC)c(C(F)(F)F)c1)C1CC1. The van der Waals surface area contributed by atoms with Crippen molar-refractivity contribution in [1.29, 1.82) is 0 Å². The highest BCUT2D eigenvalue weighted by Crippen LogP contribution is 2.37. The first-order chi connectivity index (χ1) is 9.97. The number of benzene rings is 1. The molecule has 0 atom stereocenters. The first-order valence-electron chi connectivity index (χ1n) is 7.64. The highest BCUT2D eigenvalue weighted by Gasteiger charge is 2.35. The summed E-state index contributed by atoms with van der Waals surface area (Å²) in [5.74, 6) is 0. The van der Waals surface area contributed by atoms with E-state index >= 15 is 0 Å². The number of nitrogens with zero attached hydrogens (tertiary/aromatic N) is 1. The average Bonchev–Trinajstić information content (AvgIpc) is 3.26. The van der Waals surface area contributed by atoms with Crippen molar-refractivity contribution in [1.82, 2.24) is 5.32 Å². The van der Waals surface area contributed by atoms with Crippen molar-refractivity contribution in [3.63, 3.8) is 0 Å². The van der Waals surface area contributed by atoms with Crippen LogP contribution in [0.15, 0.2) is 18.2 Å². The van der Waals surface area contributed by atoms with E-state index in [-0.39, 0.29) is 6.54 Å². The molecule has 1 aliphatic rings. The molecule has 118 valence electrons. The fourth-order valence-electron chi connectivity index (χ4n) is 2.57. The Labute approximate surface area is 124 Å². The van der Waals surface area contributed by atoms with E-state index in [1.54, 1.807) is 6.07 Å². The number of alkyl halides is 3. The lowest BCUT2D eigenvalue weighted by Crippen LogP contribution is -2.27. The van der Waals surface area contributed by atoms with Crippen molar-refractivity contribution in [3.05, 3.63) is 29.3 Å². The predicted octanol–water partition coefficient (Wildman–Crippen LogP) is 4.19. The summed E-state index contributed by atoms with van der Waals surface area (Å²) < 4.78 is 39.8. The van der Waals surface area contributed by atoms with Crippen molar-refractivity contribution < 1.29 is 13.2 Å². The normalized spacial score (nSPS) is 15.3. The lowest BCUT2D eigenvalue weighted by atomic mass is 10.0. The quantitative estimate of drug-likeness (QED) is 0.812. The van der Waals surface area contributed by atoms with E-state index < -0.39 is 11.7 Å². The second-order valence-corrected chi connectivity index (χ2v) is 5.54. The lowest BCUT2D eigenvalue weighted by molar-refractivity contribution is -0.138. The molecule has 0 saturated heterocycles. The van der Waals surface area contributed by atoms with E-state index in [9.17, 15) is 13.2 Å². The third-order valence-corrected chi connectivity index (χ3v) is 3.75. The summed E-state index contributed by atoms with van der Waals surface area (Å²) in [6.07, 6.45) is -1.19. The van der Waals surface area contributed by atoms with Crippen molar-refractivity contribution in [2.75, 3.05) is 18.0 Å². The van der Waals surface area contributed by atoms with Gasteiger partial charge in [0.25, 0.3) is 0 Å². The Hall–Kier alpha value is -1.23. The van der Waals surface area contributed by atoms with Gasteiger partial charge in [0.15, 0.2) is 0 Å². The van der Waals surface area contributed by atoms with Crippen LogP contribution in [-0.2, 0) is 12.7 Å². The first-order valence-corrected chi connectivity index (χ1v) is 7.64. The van der Waals surface area contributed by atoms with Crippen LogP contribution in [0, 0.1) is 0 Å². The Morgan fingerprint density at radius 1 is 1.24 bits per heavy atom. The molecule has 1 N–H and O–H groups in total. The van der Waals surface area contributed by atoms with Gasteiger partial charge in [0.2, 0.25) is 0 Å². The maximum absolute atomic E-state index is 13.3. The van der Waals surface area contributed by atoms with Gasteiger partial charge in [-0.15, -0.1) is 0 Å². The number of hydrogen-bond acceptors (Lipinski definition) is 2. The van der Waals surface area contributed by atoms with Gasteiger partial charge in [-0.2, -0.15) is 13.2 Å². The van der Waals surface area contributed by atoms with Crippen LogP contribution in [0.5, 0.6) is 0 Å². The molecule has 0 spiro atoms. The minimum absolute atomic E-state index is 0.253. The molecule has 2 nitrogen and oxygen atoms in total. The average molecular weight is 300 g/mol. The minimum atomic E-state index is -4.30. The molecule has 5 heteroatoms. The van der Waals surface area contributed by atoms with Gasteiger partial charge in [0, 0.05) is 24.8 Å². The van der Waals surface area contributed by atoms with Crippen LogP contribution in [0.3, 0.4) is 0 Å². The zero-order chi connectivity index (χ0) is 15.5. The van der Waals surface area contributed by atoms with Gasteiger partial charge in [-0.25, -0.2) is 0 Å². The molecule has 0 bridgehead atoms. The van der Waals surface area contributed by atoms with Crippen molar-refractivity contribution in [3.8, 4) is 0 Å². The molecule has 1 aromatic rings. The Bertz CT molecular complexity index is 467. The van der Waals surface area contributed by atoms with Gasteiger partial charge in [0.05, 0.1) is 5.56 Å². The topological polar surface area (TPSA) is 15.3 Å². The summed E-state index contributed by atoms with van der Waals surface area (Å²) in [4.78, 5) is 2.12. The Balaban J connectivity index is 2.31. The molecule has 0 heterocycles. The second-order valence-electron chi connectivity index (χ2n) is 5.54. The fourth-order valence-corrected chi connectivity index (χ4v) is 2.57. The fraction of sp³-hybridized carbons (Fsp3) is 0.625. The van der Waals surface area contributed by atoms with Gasteiger partial charge < -0.3 is 10.2 Å². The molecule has 0 aliphatic heterocycles. The van der Waals surface area contributed by atoms with Crippen LogP contribution in [0.25, 0.3) is 0 Å². The van der Waals surface area contributed by atoms with Gasteiger partial charge in [-0.3, -0.25) is 0 Å². The Morgan fingerprint density at radius 3 is 2.48 bits per heavy atom. The highest BCUT2D eigenvalue weighted by atomic mass is 19.4. The highest BCUT2D eigenvalue weighted by molar-refractivity contribution is 5.53. The maximum Gasteiger partial charge on any atom is 0.416 e. The molecule has 1 aliphatic carbocycles. The number of nitrogens with one attached hydrogen (secondary N) is 1. The summed E-state index contributed by atoms with van der Waals surface area (Å²) in [6, 6.07) is 5.19. The third kappa shape index (κ3) is 4.13. The van der Waals surface area contributed by atoms with Gasteiger partial charge in [-0.05, 0) is 43.5 Å². The second kappa shape index (κ2) is 6.69. The van der Waals surface area contributed by atoms with Crippen LogP contribution in [0.1, 0.15) is 44.2 Å². The summed E-state index contributed by atoms with van der Waals surface area (Å²) in [5, 5.41) is 2.97. The first kappa shape index (κ1) is 16.1. The van der Waals surface area contributed by atoms with E-state index in [4.69, 9.17) is 0 Å². The maximum atomic E-state index is 13.3. The number of rotatable bonds is 7. The molecule has 0 unspecified atom stereocenters. The van der Waals surface area contributed by atoms with Crippen LogP contribution in [0.4, 0.5) is 18.9 Å². The predicted molar refractivity (Wildman–Crippen MR) is 79.5 cm³/mol. The Morgan fingerprint density at radius 2 is 1.95 bits per heavy atom. The molecule has 1 fully saturated rings. The minimum Gasteiger partial charge on any atom is -0.369 e. The molecule has 2 rings (SSSR count). The standard InChI is InChI=1S/C16H23F3N2/c1-3-9-21(13-7-8-13)14-6-5-12(11-20-4-2)15(10-14)16(17,18)19/h5-6,10,13,20H,3-4,7-9,11H2,1-2H3. The molecule has 0 amide bonds. The Kier molecular flexibility index (Phi) is 5.14. The molecule has 0 radical (unpaired) electrons. The van der Waals surface area contributed by atoms with Crippen LogP contribution >= 0.6 is 0 Å². The summed E-state index contributed by atoms with van der Waals surface area (Å²) in [6.45, 7) is 5.66. The van der Waals surface area contributed by atoms with Crippen LogP contribution in [0.2, 0.25) is 0 Å². The summed E-state index contributed by atoms with van der Waals surface area (Å²) in [5.41, 5.74) is 0.509. The molecule has 0 aromatic heterocycles. The van der Waals surface area contributed by atoms with E-state index in [1.165, 1.54) is 6.07 Å². The zero-order valence-corrected chi connectivity index (χ0v) is 12.6. The van der Waals surface area contributed by atoms with Gasteiger partial charge in [0.1, 0.15) is 0 Å². The smallest absolute Gasteiger partial charge is 0.369 e. The summed E-state index contributed by atoms with van der Waals surface area (Å²) >= 11 is 0.